The largest absolute Gasteiger partial charge is 0.366 e. The maximum absolute atomic E-state index is 11.6. The average molecular weight is 236 g/mol. The van der Waals surface area contributed by atoms with Crippen LogP contribution in [0.5, 0.6) is 0 Å². The van der Waals surface area contributed by atoms with Gasteiger partial charge in [-0.2, -0.15) is 0 Å². The van der Waals surface area contributed by atoms with E-state index >= 15 is 0 Å². The van der Waals surface area contributed by atoms with Crippen LogP contribution >= 0.6 is 0 Å². The van der Waals surface area contributed by atoms with Crippen LogP contribution in [0.1, 0.15) is 26.3 Å². The summed E-state index contributed by atoms with van der Waals surface area (Å²) in [6, 6.07) is 7.47. The van der Waals surface area contributed by atoms with Crippen LogP contribution in [-0.2, 0) is 16.1 Å². The summed E-state index contributed by atoms with van der Waals surface area (Å²) in [4.78, 5) is 11.6. The molecule has 1 amide bonds. The summed E-state index contributed by atoms with van der Waals surface area (Å²) in [5.41, 5.74) is 6.95. The molecule has 0 aromatic heterocycles. The van der Waals surface area contributed by atoms with Gasteiger partial charge in [0.2, 0.25) is 5.91 Å². The van der Waals surface area contributed by atoms with Crippen molar-refractivity contribution in [1.82, 2.24) is 0 Å². The standard InChI is InChI=1S/C13H20N2O2/c1-13(2,3)17-9-12(16)15-11-6-4-5-10(7-11)8-14/h4-7H,8-9,14H2,1-3H3,(H,15,16). The lowest BCUT2D eigenvalue weighted by atomic mass is 10.2. The highest BCUT2D eigenvalue weighted by atomic mass is 16.5. The zero-order valence-corrected chi connectivity index (χ0v) is 10.6. The van der Waals surface area contributed by atoms with Crippen LogP contribution in [0.4, 0.5) is 5.69 Å². The maximum Gasteiger partial charge on any atom is 0.250 e. The Labute approximate surface area is 102 Å². The van der Waals surface area contributed by atoms with E-state index in [4.69, 9.17) is 10.5 Å². The zero-order chi connectivity index (χ0) is 12.9. The highest BCUT2D eigenvalue weighted by Crippen LogP contribution is 2.11. The fourth-order valence-electron chi connectivity index (χ4n) is 1.26. The predicted octanol–water partition coefficient (Wildman–Crippen LogP) is 1.90. The minimum absolute atomic E-state index is 0.0519. The Morgan fingerprint density at radius 1 is 1.41 bits per heavy atom. The van der Waals surface area contributed by atoms with Crippen molar-refractivity contribution in [2.75, 3.05) is 11.9 Å². The Bertz CT molecular complexity index is 383. The van der Waals surface area contributed by atoms with E-state index in [1.165, 1.54) is 0 Å². The molecule has 0 aliphatic carbocycles. The zero-order valence-electron chi connectivity index (χ0n) is 10.6. The van der Waals surface area contributed by atoms with Crippen LogP contribution in [-0.4, -0.2) is 18.1 Å². The normalized spacial score (nSPS) is 11.3. The highest BCUT2D eigenvalue weighted by Gasteiger charge is 2.12. The van der Waals surface area contributed by atoms with Gasteiger partial charge in [-0.25, -0.2) is 0 Å². The number of amides is 1. The number of rotatable bonds is 4. The molecule has 94 valence electrons. The fraction of sp³-hybridized carbons (Fsp3) is 0.462. The molecule has 0 unspecified atom stereocenters. The molecule has 4 nitrogen and oxygen atoms in total. The van der Waals surface area contributed by atoms with E-state index in [9.17, 15) is 4.79 Å². The predicted molar refractivity (Wildman–Crippen MR) is 68.7 cm³/mol. The first kappa shape index (κ1) is 13.7. The van der Waals surface area contributed by atoms with Gasteiger partial charge in [0.25, 0.3) is 0 Å². The molecule has 0 heterocycles. The molecular formula is C13H20N2O2. The molecule has 0 atom stereocenters. The van der Waals surface area contributed by atoms with Crippen LogP contribution < -0.4 is 11.1 Å². The number of nitrogens with two attached hydrogens (primary N) is 1. The first-order chi connectivity index (χ1) is 7.90. The van der Waals surface area contributed by atoms with Gasteiger partial charge in [0.05, 0.1) is 5.60 Å². The van der Waals surface area contributed by atoms with Crippen LogP contribution in [0, 0.1) is 0 Å². The Hall–Kier alpha value is -1.39. The van der Waals surface area contributed by atoms with Gasteiger partial charge in [-0.15, -0.1) is 0 Å². The van der Waals surface area contributed by atoms with E-state index in [0.717, 1.165) is 11.3 Å². The first-order valence-corrected chi connectivity index (χ1v) is 5.63. The third kappa shape index (κ3) is 5.47. The quantitative estimate of drug-likeness (QED) is 0.839. The van der Waals surface area contributed by atoms with Crippen LogP contribution in [0.2, 0.25) is 0 Å². The van der Waals surface area contributed by atoms with Gasteiger partial charge in [0.15, 0.2) is 0 Å². The minimum Gasteiger partial charge on any atom is -0.366 e. The second kappa shape index (κ2) is 5.80. The molecule has 0 spiro atoms. The first-order valence-electron chi connectivity index (χ1n) is 5.63. The molecule has 0 fully saturated rings. The molecule has 3 N–H and O–H groups in total. The van der Waals surface area contributed by atoms with Gasteiger partial charge in [-0.05, 0) is 38.5 Å². The van der Waals surface area contributed by atoms with Gasteiger partial charge < -0.3 is 15.8 Å². The Morgan fingerprint density at radius 3 is 2.71 bits per heavy atom. The second-order valence-corrected chi connectivity index (χ2v) is 4.85. The summed E-state index contributed by atoms with van der Waals surface area (Å²) in [7, 11) is 0. The van der Waals surface area contributed by atoms with E-state index in [1.54, 1.807) is 0 Å². The van der Waals surface area contributed by atoms with Gasteiger partial charge in [-0.3, -0.25) is 4.79 Å². The van der Waals surface area contributed by atoms with Crippen molar-refractivity contribution >= 4 is 11.6 Å². The van der Waals surface area contributed by atoms with Gasteiger partial charge in [0.1, 0.15) is 6.61 Å². The van der Waals surface area contributed by atoms with Crippen molar-refractivity contribution < 1.29 is 9.53 Å². The number of nitrogens with one attached hydrogen (secondary N) is 1. The lowest BCUT2D eigenvalue weighted by Crippen LogP contribution is -2.27. The topological polar surface area (TPSA) is 64.3 Å². The molecule has 0 aliphatic rings. The Kier molecular flexibility index (Phi) is 4.66. The van der Waals surface area contributed by atoms with Crippen LogP contribution in [0.25, 0.3) is 0 Å². The number of ether oxygens (including phenoxy) is 1. The summed E-state index contributed by atoms with van der Waals surface area (Å²) in [6.45, 7) is 6.25. The molecule has 0 radical (unpaired) electrons. The monoisotopic (exact) mass is 236 g/mol. The van der Waals surface area contributed by atoms with Crippen molar-refractivity contribution in [1.29, 1.82) is 0 Å². The van der Waals surface area contributed by atoms with Crippen molar-refractivity contribution in [2.24, 2.45) is 5.73 Å². The SMILES string of the molecule is CC(C)(C)OCC(=O)Nc1cccc(CN)c1. The molecular weight excluding hydrogens is 216 g/mol. The molecule has 1 aromatic rings. The number of anilines is 1. The molecule has 0 saturated carbocycles. The summed E-state index contributed by atoms with van der Waals surface area (Å²) < 4.78 is 5.38. The van der Waals surface area contributed by atoms with Crippen molar-refractivity contribution in [2.45, 2.75) is 32.9 Å². The average Bonchev–Trinajstić information content (AvgIpc) is 2.26. The minimum atomic E-state index is -0.309. The van der Waals surface area contributed by atoms with E-state index in [1.807, 2.05) is 45.0 Å². The number of carbonyl (C=O) groups excluding carboxylic acids is 1. The van der Waals surface area contributed by atoms with E-state index in [-0.39, 0.29) is 18.1 Å². The number of carbonyl (C=O) groups is 1. The van der Waals surface area contributed by atoms with E-state index in [2.05, 4.69) is 5.32 Å². The maximum atomic E-state index is 11.6. The summed E-state index contributed by atoms with van der Waals surface area (Å²) in [5.74, 6) is -0.158. The number of hydrogen-bond acceptors (Lipinski definition) is 3. The molecule has 17 heavy (non-hydrogen) atoms. The molecule has 0 bridgehead atoms. The molecule has 4 heteroatoms. The van der Waals surface area contributed by atoms with E-state index < -0.39 is 0 Å². The molecule has 1 rings (SSSR count). The summed E-state index contributed by atoms with van der Waals surface area (Å²) in [6.07, 6.45) is 0. The third-order valence-corrected chi connectivity index (χ3v) is 2.08. The Morgan fingerprint density at radius 2 is 2.12 bits per heavy atom. The Balaban J connectivity index is 2.50. The van der Waals surface area contributed by atoms with Crippen molar-refractivity contribution in [3.8, 4) is 0 Å². The number of hydrogen-bond donors (Lipinski definition) is 2. The van der Waals surface area contributed by atoms with E-state index in [0.29, 0.717) is 6.54 Å². The second-order valence-electron chi connectivity index (χ2n) is 4.85. The number of benzene rings is 1. The third-order valence-electron chi connectivity index (χ3n) is 2.08. The lowest BCUT2D eigenvalue weighted by molar-refractivity contribution is -0.125. The lowest BCUT2D eigenvalue weighted by Gasteiger charge is -2.19. The van der Waals surface area contributed by atoms with Crippen molar-refractivity contribution in [3.05, 3.63) is 29.8 Å². The van der Waals surface area contributed by atoms with Gasteiger partial charge >= 0.3 is 0 Å². The van der Waals surface area contributed by atoms with Crippen LogP contribution in [0.3, 0.4) is 0 Å². The van der Waals surface area contributed by atoms with Crippen LogP contribution in [0.15, 0.2) is 24.3 Å². The molecule has 0 saturated heterocycles. The smallest absolute Gasteiger partial charge is 0.250 e. The highest BCUT2D eigenvalue weighted by molar-refractivity contribution is 5.91. The molecule has 0 aliphatic heterocycles. The summed E-state index contributed by atoms with van der Waals surface area (Å²) >= 11 is 0. The fourth-order valence-corrected chi connectivity index (χ4v) is 1.26. The summed E-state index contributed by atoms with van der Waals surface area (Å²) in [5, 5.41) is 2.77. The molecule has 1 aromatic carbocycles. The van der Waals surface area contributed by atoms with Gasteiger partial charge in [-0.1, -0.05) is 12.1 Å². The van der Waals surface area contributed by atoms with Gasteiger partial charge in [0, 0.05) is 12.2 Å². The van der Waals surface area contributed by atoms with Crippen molar-refractivity contribution in [3.63, 3.8) is 0 Å².